The van der Waals surface area contributed by atoms with E-state index in [0.717, 1.165) is 0 Å². The predicted molar refractivity (Wildman–Crippen MR) is 53.8 cm³/mol. The number of hydrogen-bond donors (Lipinski definition) is 0. The van der Waals surface area contributed by atoms with Crippen LogP contribution in [-0.4, -0.2) is 8.76 Å². The molecule has 0 saturated heterocycles. The summed E-state index contributed by atoms with van der Waals surface area (Å²) in [5, 5.41) is 0. The van der Waals surface area contributed by atoms with E-state index in [1.54, 1.807) is 0 Å². The molecule has 2 nitrogen and oxygen atoms in total. The van der Waals surface area contributed by atoms with Gasteiger partial charge in [-0.1, -0.05) is 35.4 Å². The Balaban J connectivity index is 0.000000261. The molecule has 0 radical (unpaired) electrons. The zero-order chi connectivity index (χ0) is 9.56. The summed E-state index contributed by atoms with van der Waals surface area (Å²) < 4.78 is 17.8. The molecule has 0 N–H and O–H groups in total. The minimum Gasteiger partial charge on any atom is -0.763 e. The van der Waals surface area contributed by atoms with Gasteiger partial charge in [0.1, 0.15) is 0 Å². The van der Waals surface area contributed by atoms with Gasteiger partial charge in [0.2, 0.25) is 0 Å². The van der Waals surface area contributed by atoms with Crippen molar-refractivity contribution in [3.05, 3.63) is 35.4 Å². The van der Waals surface area contributed by atoms with Gasteiger partial charge in [-0.25, -0.2) is 0 Å². The summed E-state index contributed by atoms with van der Waals surface area (Å²) in [4.78, 5) is 0. The van der Waals surface area contributed by atoms with Crippen LogP contribution in [0.4, 0.5) is 0 Å². The Hall–Kier alpha value is -0.190. The monoisotopic (exact) mass is 249 g/mol. The van der Waals surface area contributed by atoms with Crippen LogP contribution in [0, 0.1) is 13.8 Å². The molecule has 0 fully saturated rings. The number of halogens is 1. The maximum Gasteiger partial charge on any atom is 0.0168 e. The molecular formula is C8H10BrO2S-. The molecule has 0 amide bonds. The van der Waals surface area contributed by atoms with Crippen LogP contribution in [0.5, 0.6) is 0 Å². The number of rotatable bonds is 0. The summed E-state index contributed by atoms with van der Waals surface area (Å²) in [6, 6.07) is 8.48. The third-order valence-corrected chi connectivity index (χ3v) is 1.22. The normalized spacial score (nSPS) is 11.3. The highest BCUT2D eigenvalue weighted by Gasteiger charge is 1.79. The summed E-state index contributed by atoms with van der Waals surface area (Å²) in [7, 11) is -2.05. The Labute approximate surface area is 82.5 Å². The molecule has 0 heterocycles. The zero-order valence-corrected chi connectivity index (χ0v) is 9.31. The Bertz CT molecular complexity index is 221. The van der Waals surface area contributed by atoms with Crippen molar-refractivity contribution in [1.82, 2.24) is 0 Å². The minimum absolute atomic E-state index is 1.33. The van der Waals surface area contributed by atoms with Crippen molar-refractivity contribution in [2.45, 2.75) is 13.8 Å². The van der Waals surface area contributed by atoms with Crippen molar-refractivity contribution >= 4 is 24.3 Å². The molecule has 68 valence electrons. The van der Waals surface area contributed by atoms with E-state index >= 15 is 0 Å². The van der Waals surface area contributed by atoms with Crippen molar-refractivity contribution in [3.63, 3.8) is 0 Å². The number of benzene rings is 1. The molecule has 1 aromatic rings. The van der Waals surface area contributed by atoms with Gasteiger partial charge in [0.05, 0.1) is 0 Å². The van der Waals surface area contributed by atoms with Gasteiger partial charge < -0.3 is 4.55 Å². The van der Waals surface area contributed by atoms with Crippen LogP contribution < -0.4 is 0 Å². The predicted octanol–water partition coefficient (Wildman–Crippen LogP) is 2.48. The van der Waals surface area contributed by atoms with Crippen LogP contribution in [0.2, 0.25) is 0 Å². The van der Waals surface area contributed by atoms with Gasteiger partial charge in [0.15, 0.2) is 0 Å². The average Bonchev–Trinajstić information content (AvgIpc) is 1.94. The first-order chi connectivity index (χ1) is 5.52. The van der Waals surface area contributed by atoms with Crippen molar-refractivity contribution in [2.24, 2.45) is 0 Å². The van der Waals surface area contributed by atoms with E-state index in [2.05, 4.69) is 52.9 Å². The first-order valence-electron chi connectivity index (χ1n) is 3.31. The summed E-state index contributed by atoms with van der Waals surface area (Å²) >= 11 is 2.19. The lowest BCUT2D eigenvalue weighted by molar-refractivity contribution is 0.554. The van der Waals surface area contributed by atoms with E-state index in [4.69, 9.17) is 8.76 Å². The zero-order valence-electron chi connectivity index (χ0n) is 6.91. The average molecular weight is 250 g/mol. The fourth-order valence-electron chi connectivity index (χ4n) is 0.637. The molecule has 0 spiro atoms. The fourth-order valence-corrected chi connectivity index (χ4v) is 0.637. The van der Waals surface area contributed by atoms with Gasteiger partial charge in [0.25, 0.3) is 0 Å². The summed E-state index contributed by atoms with van der Waals surface area (Å²) in [5.74, 6) is 0. The second kappa shape index (κ2) is 6.34. The first-order valence-corrected chi connectivity index (χ1v) is 6.23. The quantitative estimate of drug-likeness (QED) is 0.524. The van der Waals surface area contributed by atoms with Crippen molar-refractivity contribution in [2.75, 3.05) is 0 Å². The minimum atomic E-state index is -2.05. The Morgan fingerprint density at radius 3 is 1.50 bits per heavy atom. The third-order valence-electron chi connectivity index (χ3n) is 1.22. The number of hydrogen-bond acceptors (Lipinski definition) is 2. The molecule has 1 rings (SSSR count). The van der Waals surface area contributed by atoms with E-state index < -0.39 is 9.51 Å². The molecule has 1 aromatic carbocycles. The molecular weight excluding hydrogens is 240 g/mol. The summed E-state index contributed by atoms with van der Waals surface area (Å²) in [6.45, 7) is 4.19. The Morgan fingerprint density at radius 2 is 1.33 bits per heavy atom. The van der Waals surface area contributed by atoms with Gasteiger partial charge in [-0.05, 0) is 13.8 Å². The Kier molecular flexibility index (Phi) is 6.24. The molecule has 1 atom stereocenters. The highest BCUT2D eigenvalue weighted by atomic mass is 79.9. The summed E-state index contributed by atoms with van der Waals surface area (Å²) in [6.07, 6.45) is 0. The fraction of sp³-hybridized carbons (Fsp3) is 0.250. The van der Waals surface area contributed by atoms with Gasteiger partial charge >= 0.3 is 0 Å². The largest absolute Gasteiger partial charge is 0.763 e. The highest BCUT2D eigenvalue weighted by Crippen LogP contribution is 1.99. The first kappa shape index (κ1) is 11.8. The molecule has 4 heteroatoms. The van der Waals surface area contributed by atoms with Crippen molar-refractivity contribution < 1.29 is 8.76 Å². The van der Waals surface area contributed by atoms with Gasteiger partial charge in [-0.15, -0.1) is 0 Å². The van der Waals surface area contributed by atoms with E-state index in [-0.39, 0.29) is 0 Å². The molecule has 0 aliphatic carbocycles. The highest BCUT2D eigenvalue weighted by molar-refractivity contribution is 9.45. The van der Waals surface area contributed by atoms with Crippen LogP contribution in [-0.2, 0) is 9.51 Å². The summed E-state index contributed by atoms with van der Waals surface area (Å²) in [5.41, 5.74) is 2.66. The molecule has 0 aliphatic rings. The maximum atomic E-state index is 8.92. The molecule has 0 aliphatic heterocycles. The van der Waals surface area contributed by atoms with Crippen LogP contribution in [0.1, 0.15) is 11.1 Å². The molecule has 0 saturated carbocycles. The van der Waals surface area contributed by atoms with E-state index in [1.165, 1.54) is 11.1 Å². The smallest absolute Gasteiger partial charge is 0.0168 e. The lowest BCUT2D eigenvalue weighted by Gasteiger charge is -1.90. The Morgan fingerprint density at radius 1 is 1.17 bits per heavy atom. The van der Waals surface area contributed by atoms with Crippen LogP contribution >= 0.6 is 14.8 Å². The topological polar surface area (TPSA) is 40.1 Å². The van der Waals surface area contributed by atoms with Gasteiger partial charge in [-0.2, -0.15) is 0 Å². The third kappa shape index (κ3) is 7.91. The lowest BCUT2D eigenvalue weighted by atomic mass is 10.2. The van der Waals surface area contributed by atoms with Crippen molar-refractivity contribution in [3.8, 4) is 0 Å². The van der Waals surface area contributed by atoms with Crippen LogP contribution in [0.15, 0.2) is 24.3 Å². The maximum absolute atomic E-state index is 8.92. The van der Waals surface area contributed by atoms with Gasteiger partial charge in [-0.3, -0.25) is 4.21 Å². The molecule has 0 aromatic heterocycles. The molecule has 12 heavy (non-hydrogen) atoms. The van der Waals surface area contributed by atoms with Gasteiger partial charge in [0, 0.05) is 24.3 Å². The second-order valence-corrected chi connectivity index (χ2v) is 4.32. The van der Waals surface area contributed by atoms with E-state index in [1.807, 2.05) is 0 Å². The standard InChI is InChI=1S/C8H10.BrHO2S/c1-7-3-5-8(2)6-4-7;1-4(2)3/h3-6H,1-2H3;(H,2,3)/p-1. The second-order valence-electron chi connectivity index (χ2n) is 2.35. The lowest BCUT2D eigenvalue weighted by Crippen LogP contribution is -1.70. The van der Waals surface area contributed by atoms with Crippen molar-refractivity contribution in [1.29, 1.82) is 0 Å². The van der Waals surface area contributed by atoms with E-state index in [9.17, 15) is 0 Å². The van der Waals surface area contributed by atoms with Crippen LogP contribution in [0.3, 0.4) is 0 Å². The molecule has 0 bridgehead atoms. The SMILES string of the molecule is Cc1ccc(C)cc1.O=S([O-])Br. The number of aryl methyl sites for hydroxylation is 2. The van der Waals surface area contributed by atoms with E-state index in [0.29, 0.717) is 0 Å². The molecule has 1 unspecified atom stereocenters. The van der Waals surface area contributed by atoms with Crippen LogP contribution in [0.25, 0.3) is 0 Å².